The van der Waals surface area contributed by atoms with E-state index in [1.807, 2.05) is 7.11 Å². The molecule has 2 aliphatic rings. The minimum absolute atomic E-state index is 0.0266. The summed E-state index contributed by atoms with van der Waals surface area (Å²) in [5.41, 5.74) is 9.99. The van der Waals surface area contributed by atoms with Crippen LogP contribution in [0.3, 0.4) is 0 Å². The maximum absolute atomic E-state index is 5.90. The van der Waals surface area contributed by atoms with Crippen LogP contribution in [0.2, 0.25) is 0 Å². The average molecular weight is 538 g/mol. The Morgan fingerprint density at radius 1 is 1.02 bits per heavy atom. The van der Waals surface area contributed by atoms with E-state index in [2.05, 4.69) is 98.9 Å². The van der Waals surface area contributed by atoms with Crippen molar-refractivity contribution in [3.8, 4) is 11.4 Å². The first-order valence-electron chi connectivity index (χ1n) is 14.8. The first-order valence-corrected chi connectivity index (χ1v) is 14.8. The zero-order chi connectivity index (χ0) is 28.2. The fourth-order valence-electron chi connectivity index (χ4n) is 6.81. The quantitative estimate of drug-likeness (QED) is 0.292. The van der Waals surface area contributed by atoms with Gasteiger partial charge >= 0.3 is 0 Å². The maximum Gasteiger partial charge on any atom is 0.162 e. The lowest BCUT2D eigenvalue weighted by Crippen LogP contribution is -2.50. The lowest BCUT2D eigenvalue weighted by atomic mass is 9.81. The molecule has 1 atom stereocenters. The first-order chi connectivity index (χ1) is 19.2. The Morgan fingerprint density at radius 2 is 1.85 bits per heavy atom. The van der Waals surface area contributed by atoms with Crippen molar-refractivity contribution in [1.82, 2.24) is 15.0 Å². The molecule has 6 rings (SSSR count). The Balaban J connectivity index is 1.47. The molecule has 0 saturated carbocycles. The third kappa shape index (κ3) is 4.66. The number of nitrogens with zero attached hydrogens (tertiary/aromatic N) is 4. The summed E-state index contributed by atoms with van der Waals surface area (Å²) in [5, 5.41) is 1.21. The van der Waals surface area contributed by atoms with E-state index >= 15 is 0 Å². The molecule has 4 heterocycles. The van der Waals surface area contributed by atoms with Gasteiger partial charge in [0.25, 0.3) is 0 Å². The summed E-state index contributed by atoms with van der Waals surface area (Å²) in [6.07, 6.45) is 4.22. The minimum Gasteiger partial charge on any atom is -0.381 e. The number of benzene rings is 2. The zero-order valence-corrected chi connectivity index (χ0v) is 25.1. The lowest BCUT2D eigenvalue weighted by molar-refractivity contribution is -0.00647. The molecule has 0 spiro atoms. The van der Waals surface area contributed by atoms with Crippen LogP contribution < -0.4 is 9.80 Å². The molecule has 1 N–H and O–H groups in total. The van der Waals surface area contributed by atoms with E-state index in [4.69, 9.17) is 14.7 Å². The number of hydrogen-bond donors (Lipinski definition) is 1. The van der Waals surface area contributed by atoms with Gasteiger partial charge in [0.15, 0.2) is 5.82 Å². The van der Waals surface area contributed by atoms with Crippen LogP contribution in [0, 0.1) is 19.3 Å². The predicted molar refractivity (Wildman–Crippen MR) is 165 cm³/mol. The number of methoxy groups -OCH3 is 1. The summed E-state index contributed by atoms with van der Waals surface area (Å²) in [7, 11) is 1.85. The van der Waals surface area contributed by atoms with Crippen LogP contribution in [0.25, 0.3) is 22.3 Å². The fraction of sp³-hybridized carbons (Fsp3) is 0.471. The third-order valence-electron chi connectivity index (χ3n) is 9.14. The second kappa shape index (κ2) is 10.2. The Bertz CT molecular complexity index is 1550. The molecule has 0 aliphatic carbocycles. The van der Waals surface area contributed by atoms with E-state index in [0.717, 1.165) is 61.7 Å². The molecule has 40 heavy (non-hydrogen) atoms. The zero-order valence-electron chi connectivity index (χ0n) is 25.1. The molecule has 210 valence electrons. The average Bonchev–Trinajstić information content (AvgIpc) is 3.32. The van der Waals surface area contributed by atoms with Crippen molar-refractivity contribution in [2.75, 3.05) is 36.5 Å². The molecule has 2 aliphatic heterocycles. The summed E-state index contributed by atoms with van der Waals surface area (Å²) < 4.78 is 5.90. The van der Waals surface area contributed by atoms with Gasteiger partial charge in [-0.05, 0) is 55.0 Å². The Morgan fingerprint density at radius 3 is 2.60 bits per heavy atom. The monoisotopic (exact) mass is 537 g/mol. The van der Waals surface area contributed by atoms with Crippen LogP contribution in [-0.2, 0) is 17.7 Å². The van der Waals surface area contributed by atoms with Crippen molar-refractivity contribution >= 4 is 22.4 Å². The van der Waals surface area contributed by atoms with Crippen molar-refractivity contribution in [3.63, 3.8) is 0 Å². The van der Waals surface area contributed by atoms with Crippen LogP contribution in [0.1, 0.15) is 68.0 Å². The Hall–Kier alpha value is -3.38. The normalized spacial score (nSPS) is 18.9. The highest BCUT2D eigenvalue weighted by molar-refractivity contribution is 5.96. The van der Waals surface area contributed by atoms with Crippen LogP contribution in [0.4, 0.5) is 11.5 Å². The number of hydrogen-bond acceptors (Lipinski definition) is 5. The van der Waals surface area contributed by atoms with E-state index in [1.165, 1.54) is 39.0 Å². The highest BCUT2D eigenvalue weighted by Crippen LogP contribution is 2.39. The van der Waals surface area contributed by atoms with Gasteiger partial charge in [-0.3, -0.25) is 0 Å². The van der Waals surface area contributed by atoms with Crippen molar-refractivity contribution in [3.05, 3.63) is 70.5 Å². The number of aryl methyl sites for hydroxylation is 2. The van der Waals surface area contributed by atoms with Crippen LogP contribution in [0.15, 0.2) is 42.6 Å². The van der Waals surface area contributed by atoms with Crippen molar-refractivity contribution in [2.45, 2.75) is 73.0 Å². The summed E-state index contributed by atoms with van der Waals surface area (Å²) >= 11 is 0. The molecular weight excluding hydrogens is 494 g/mol. The standard InChI is InChI=1S/C34H43N5O/c1-21(2)24-12-11-22(3)29(17-24)38-15-13-27-26(19-38)33(39-16-14-30(40-7)34(5,6)20-39)37-32(36-27)25-9-8-10-28-31(25)23(4)18-35-28/h8-12,17-18,21,30,35H,13-16,19-20H2,1-7H3/t30-/m0/s1. The molecule has 6 nitrogen and oxygen atoms in total. The maximum atomic E-state index is 5.90. The smallest absolute Gasteiger partial charge is 0.162 e. The third-order valence-corrected chi connectivity index (χ3v) is 9.14. The van der Waals surface area contributed by atoms with Crippen LogP contribution in [-0.4, -0.2) is 47.8 Å². The topological polar surface area (TPSA) is 57.3 Å². The summed E-state index contributed by atoms with van der Waals surface area (Å²) in [6.45, 7) is 17.2. The number of rotatable bonds is 5. The summed E-state index contributed by atoms with van der Waals surface area (Å²) in [6, 6.07) is 13.4. The SMILES string of the molecule is CO[C@H]1CCN(c2nc(-c3cccc4[nH]cc(C)c34)nc3c2CN(c2cc(C(C)C)ccc2C)CC3)CC1(C)C. The first kappa shape index (κ1) is 26.8. The van der Waals surface area contributed by atoms with E-state index in [-0.39, 0.29) is 11.5 Å². The van der Waals surface area contributed by atoms with E-state index < -0.39 is 0 Å². The number of fused-ring (bicyclic) bond motifs is 2. The number of ether oxygens (including phenoxy) is 1. The van der Waals surface area contributed by atoms with E-state index in [9.17, 15) is 0 Å². The number of anilines is 2. The molecule has 0 unspecified atom stereocenters. The number of aromatic amines is 1. The predicted octanol–water partition coefficient (Wildman–Crippen LogP) is 7.18. The molecular formula is C34H43N5O. The fourth-order valence-corrected chi connectivity index (χ4v) is 6.81. The van der Waals surface area contributed by atoms with Crippen molar-refractivity contribution in [1.29, 1.82) is 0 Å². The van der Waals surface area contributed by atoms with Crippen molar-refractivity contribution < 1.29 is 4.74 Å². The van der Waals surface area contributed by atoms with Gasteiger partial charge in [0.1, 0.15) is 5.82 Å². The van der Waals surface area contributed by atoms with Gasteiger partial charge in [-0.25, -0.2) is 9.97 Å². The summed E-state index contributed by atoms with van der Waals surface area (Å²) in [5.74, 6) is 2.43. The number of H-pyrrole nitrogens is 1. The largest absolute Gasteiger partial charge is 0.381 e. The van der Waals surface area contributed by atoms with Gasteiger partial charge in [-0.2, -0.15) is 0 Å². The number of aromatic nitrogens is 3. The molecule has 6 heteroatoms. The van der Waals surface area contributed by atoms with Gasteiger partial charge in [-0.1, -0.05) is 52.0 Å². The molecule has 1 fully saturated rings. The molecule has 2 aromatic heterocycles. The van der Waals surface area contributed by atoms with Gasteiger partial charge in [0, 0.05) is 79.0 Å². The second-order valence-electron chi connectivity index (χ2n) is 12.8. The van der Waals surface area contributed by atoms with Gasteiger partial charge < -0.3 is 19.5 Å². The molecule has 0 bridgehead atoms. The number of nitrogens with one attached hydrogen (secondary N) is 1. The van der Waals surface area contributed by atoms with E-state index in [1.54, 1.807) is 0 Å². The highest BCUT2D eigenvalue weighted by Gasteiger charge is 2.38. The molecule has 1 saturated heterocycles. The Kier molecular flexibility index (Phi) is 6.86. The number of piperidine rings is 1. The van der Waals surface area contributed by atoms with Gasteiger partial charge in [0.2, 0.25) is 0 Å². The molecule has 2 aromatic carbocycles. The van der Waals surface area contributed by atoms with E-state index in [0.29, 0.717) is 5.92 Å². The molecule has 4 aromatic rings. The molecule has 0 amide bonds. The lowest BCUT2D eigenvalue weighted by Gasteiger charge is -2.45. The summed E-state index contributed by atoms with van der Waals surface area (Å²) in [4.78, 5) is 19.1. The van der Waals surface area contributed by atoms with Crippen LogP contribution >= 0.6 is 0 Å². The van der Waals surface area contributed by atoms with Crippen LogP contribution in [0.5, 0.6) is 0 Å². The Labute approximate surface area is 238 Å². The van der Waals surface area contributed by atoms with Crippen molar-refractivity contribution in [2.24, 2.45) is 5.41 Å². The van der Waals surface area contributed by atoms with Gasteiger partial charge in [0.05, 0.1) is 11.8 Å². The second-order valence-corrected chi connectivity index (χ2v) is 12.8. The highest BCUT2D eigenvalue weighted by atomic mass is 16.5. The molecule has 0 radical (unpaired) electrons. The minimum atomic E-state index is 0.0266. The van der Waals surface area contributed by atoms with Gasteiger partial charge in [-0.15, -0.1) is 0 Å².